The predicted molar refractivity (Wildman–Crippen MR) is 72.7 cm³/mol. The summed E-state index contributed by atoms with van der Waals surface area (Å²) >= 11 is 3.15. The van der Waals surface area contributed by atoms with Gasteiger partial charge in [-0.25, -0.2) is 4.39 Å². The number of nitrogens with one attached hydrogen (secondary N) is 1. The van der Waals surface area contributed by atoms with Crippen LogP contribution in [0.25, 0.3) is 0 Å². The maximum atomic E-state index is 13.2. The maximum absolute atomic E-state index is 13.2. The summed E-state index contributed by atoms with van der Waals surface area (Å²) in [5, 5.41) is 3.23. The summed E-state index contributed by atoms with van der Waals surface area (Å²) in [6.45, 7) is 1.79. The van der Waals surface area contributed by atoms with Crippen LogP contribution in [0.5, 0.6) is 0 Å². The molecule has 0 radical (unpaired) electrons. The Kier molecular flexibility index (Phi) is 3.89. The van der Waals surface area contributed by atoms with Crippen LogP contribution < -0.4 is 11.1 Å². The minimum atomic E-state index is -0.330. The van der Waals surface area contributed by atoms with Crippen molar-refractivity contribution in [1.82, 2.24) is 4.90 Å². The van der Waals surface area contributed by atoms with Crippen LogP contribution in [0.4, 0.5) is 15.8 Å². The maximum Gasteiger partial charge on any atom is 0.139 e. The number of nitrogen functional groups attached to an aromatic ring is 1. The summed E-state index contributed by atoms with van der Waals surface area (Å²) in [6.07, 6.45) is 2.61. The van der Waals surface area contributed by atoms with Crippen molar-refractivity contribution < 1.29 is 4.39 Å². The Hall–Kier alpha value is -0.810. The van der Waals surface area contributed by atoms with Gasteiger partial charge in [-0.15, -0.1) is 0 Å². The molecular weight excluding hydrogens is 285 g/mol. The Morgan fingerprint density at radius 3 is 2.88 bits per heavy atom. The van der Waals surface area contributed by atoms with Gasteiger partial charge in [-0.2, -0.15) is 0 Å². The Bertz CT molecular complexity index is 407. The fourth-order valence-corrected chi connectivity index (χ4v) is 2.12. The number of halogens is 2. The van der Waals surface area contributed by atoms with Crippen LogP contribution >= 0.6 is 15.9 Å². The van der Waals surface area contributed by atoms with E-state index in [-0.39, 0.29) is 5.82 Å². The highest BCUT2D eigenvalue weighted by Crippen LogP contribution is 2.27. The first kappa shape index (κ1) is 12.6. The first-order chi connectivity index (χ1) is 8.08. The topological polar surface area (TPSA) is 41.3 Å². The third-order valence-corrected chi connectivity index (χ3v) is 3.65. The molecule has 0 aliphatic heterocycles. The van der Waals surface area contributed by atoms with Crippen LogP contribution in [0.3, 0.4) is 0 Å². The first-order valence-electron chi connectivity index (χ1n) is 5.76. The van der Waals surface area contributed by atoms with Crippen molar-refractivity contribution in [2.24, 2.45) is 0 Å². The van der Waals surface area contributed by atoms with Crippen molar-refractivity contribution >= 4 is 27.3 Å². The lowest BCUT2D eigenvalue weighted by atomic mass is 10.2. The van der Waals surface area contributed by atoms with Gasteiger partial charge in [-0.05, 0) is 41.9 Å². The second-order valence-electron chi connectivity index (χ2n) is 4.49. The molecule has 0 amide bonds. The number of benzene rings is 1. The molecule has 3 nitrogen and oxygen atoms in total. The molecule has 0 unspecified atom stereocenters. The Balaban J connectivity index is 1.87. The van der Waals surface area contributed by atoms with Gasteiger partial charge in [0.1, 0.15) is 5.82 Å². The zero-order chi connectivity index (χ0) is 12.4. The molecular formula is C12H17BrFN3. The van der Waals surface area contributed by atoms with Gasteiger partial charge in [0.25, 0.3) is 0 Å². The lowest BCUT2D eigenvalue weighted by molar-refractivity contribution is 0.337. The molecule has 94 valence electrons. The second-order valence-corrected chi connectivity index (χ2v) is 5.35. The highest BCUT2D eigenvalue weighted by atomic mass is 79.9. The molecule has 0 aromatic heterocycles. The number of nitrogens with two attached hydrogens (primary N) is 1. The number of hydrogen-bond acceptors (Lipinski definition) is 3. The molecule has 0 heterocycles. The van der Waals surface area contributed by atoms with Gasteiger partial charge in [0.05, 0.1) is 15.8 Å². The number of anilines is 2. The standard InChI is InChI=1S/C12H17BrFN3/c1-17(8-2-3-8)5-4-16-12-6-9(13)10(14)7-11(12)15/h6-8,16H,2-5,15H2,1H3. The molecule has 1 aromatic carbocycles. The summed E-state index contributed by atoms with van der Waals surface area (Å²) < 4.78 is 13.6. The summed E-state index contributed by atoms with van der Waals surface area (Å²) in [5.41, 5.74) is 6.97. The molecule has 0 saturated heterocycles. The Morgan fingerprint density at radius 2 is 2.24 bits per heavy atom. The quantitative estimate of drug-likeness (QED) is 0.822. The van der Waals surface area contributed by atoms with Gasteiger partial charge in [-0.3, -0.25) is 0 Å². The Morgan fingerprint density at radius 1 is 1.53 bits per heavy atom. The van der Waals surface area contributed by atoms with Crippen LogP contribution in [0.15, 0.2) is 16.6 Å². The van der Waals surface area contributed by atoms with Crippen molar-refractivity contribution in [3.8, 4) is 0 Å². The van der Waals surface area contributed by atoms with Gasteiger partial charge >= 0.3 is 0 Å². The summed E-state index contributed by atoms with van der Waals surface area (Å²) in [6, 6.07) is 3.77. The zero-order valence-electron chi connectivity index (χ0n) is 9.84. The van der Waals surface area contributed by atoms with E-state index in [4.69, 9.17) is 5.73 Å². The average molecular weight is 302 g/mol. The molecule has 5 heteroatoms. The fourth-order valence-electron chi connectivity index (χ4n) is 1.78. The molecule has 17 heavy (non-hydrogen) atoms. The van der Waals surface area contributed by atoms with E-state index in [1.807, 2.05) is 0 Å². The third kappa shape index (κ3) is 3.33. The minimum absolute atomic E-state index is 0.330. The van der Waals surface area contributed by atoms with Crippen molar-refractivity contribution in [1.29, 1.82) is 0 Å². The number of nitrogens with zero attached hydrogens (tertiary/aromatic N) is 1. The number of likely N-dealkylation sites (N-methyl/N-ethyl adjacent to an activating group) is 1. The summed E-state index contributed by atoms with van der Waals surface area (Å²) in [5.74, 6) is -0.330. The zero-order valence-corrected chi connectivity index (χ0v) is 11.4. The fraction of sp³-hybridized carbons (Fsp3) is 0.500. The molecule has 1 fully saturated rings. The van der Waals surface area contributed by atoms with E-state index in [0.29, 0.717) is 10.2 Å². The molecule has 0 spiro atoms. The van der Waals surface area contributed by atoms with Crippen LogP contribution in [0, 0.1) is 5.82 Å². The van der Waals surface area contributed by atoms with E-state index in [0.717, 1.165) is 24.8 Å². The SMILES string of the molecule is CN(CCNc1cc(Br)c(F)cc1N)C1CC1. The average Bonchev–Trinajstić information content (AvgIpc) is 3.09. The smallest absolute Gasteiger partial charge is 0.139 e. The second kappa shape index (κ2) is 5.23. The summed E-state index contributed by atoms with van der Waals surface area (Å²) in [7, 11) is 2.13. The minimum Gasteiger partial charge on any atom is -0.397 e. The van der Waals surface area contributed by atoms with Gasteiger partial charge in [0.2, 0.25) is 0 Å². The van der Waals surface area contributed by atoms with E-state index in [9.17, 15) is 4.39 Å². The normalized spacial score (nSPS) is 15.3. The van der Waals surface area contributed by atoms with Crippen molar-refractivity contribution in [3.63, 3.8) is 0 Å². The Labute approximate surface area is 109 Å². The molecule has 1 aliphatic rings. The van der Waals surface area contributed by atoms with E-state index >= 15 is 0 Å². The summed E-state index contributed by atoms with van der Waals surface area (Å²) in [4.78, 5) is 2.34. The lowest BCUT2D eigenvalue weighted by Crippen LogP contribution is -2.27. The van der Waals surface area contributed by atoms with Crippen LogP contribution in [-0.2, 0) is 0 Å². The molecule has 1 aromatic rings. The number of hydrogen-bond donors (Lipinski definition) is 2. The molecule has 1 aliphatic carbocycles. The first-order valence-corrected chi connectivity index (χ1v) is 6.56. The lowest BCUT2D eigenvalue weighted by Gasteiger charge is -2.17. The van der Waals surface area contributed by atoms with Crippen LogP contribution in [-0.4, -0.2) is 31.1 Å². The highest BCUT2D eigenvalue weighted by molar-refractivity contribution is 9.10. The van der Waals surface area contributed by atoms with Gasteiger partial charge in [0, 0.05) is 25.2 Å². The van der Waals surface area contributed by atoms with Crippen LogP contribution in [0.2, 0.25) is 0 Å². The molecule has 1 saturated carbocycles. The number of rotatable bonds is 5. The van der Waals surface area contributed by atoms with Crippen molar-refractivity contribution in [2.45, 2.75) is 18.9 Å². The largest absolute Gasteiger partial charge is 0.397 e. The highest BCUT2D eigenvalue weighted by Gasteiger charge is 2.25. The van der Waals surface area contributed by atoms with Crippen LogP contribution in [0.1, 0.15) is 12.8 Å². The molecule has 0 bridgehead atoms. The van der Waals surface area contributed by atoms with Crippen molar-refractivity contribution in [2.75, 3.05) is 31.2 Å². The van der Waals surface area contributed by atoms with E-state index in [2.05, 4.69) is 33.2 Å². The van der Waals surface area contributed by atoms with E-state index in [1.165, 1.54) is 18.9 Å². The van der Waals surface area contributed by atoms with Crippen molar-refractivity contribution in [3.05, 3.63) is 22.4 Å². The predicted octanol–water partition coefficient (Wildman–Crippen LogP) is 2.68. The van der Waals surface area contributed by atoms with E-state index in [1.54, 1.807) is 6.07 Å². The van der Waals surface area contributed by atoms with Gasteiger partial charge in [0.15, 0.2) is 0 Å². The molecule has 3 N–H and O–H groups in total. The molecule has 0 atom stereocenters. The van der Waals surface area contributed by atoms with Gasteiger partial charge in [-0.1, -0.05) is 0 Å². The van der Waals surface area contributed by atoms with Gasteiger partial charge < -0.3 is 16.0 Å². The third-order valence-electron chi connectivity index (χ3n) is 3.04. The molecule has 2 rings (SSSR count). The monoisotopic (exact) mass is 301 g/mol. The van der Waals surface area contributed by atoms with E-state index < -0.39 is 0 Å².